The number of hydrogen-bond acceptors (Lipinski definition) is 4. The van der Waals surface area contributed by atoms with Crippen molar-refractivity contribution in [1.29, 1.82) is 0 Å². The summed E-state index contributed by atoms with van der Waals surface area (Å²) in [5, 5.41) is 2.02. The quantitative estimate of drug-likeness (QED) is 0.763. The maximum Gasteiger partial charge on any atom is 0.327 e. The summed E-state index contributed by atoms with van der Waals surface area (Å²) in [5.41, 5.74) is -0.715. The van der Waals surface area contributed by atoms with Crippen LogP contribution >= 0.6 is 11.3 Å². The number of imide groups is 1. The Balaban J connectivity index is 1.50. The van der Waals surface area contributed by atoms with E-state index in [4.69, 9.17) is 0 Å². The van der Waals surface area contributed by atoms with Crippen molar-refractivity contribution in [1.82, 2.24) is 14.7 Å². The monoisotopic (exact) mass is 375 g/mol. The molecule has 4 amide bonds. The van der Waals surface area contributed by atoms with Crippen molar-refractivity contribution >= 4 is 29.2 Å². The Kier molecular flexibility index (Phi) is 4.50. The Hall–Kier alpha value is -1.89. The zero-order chi connectivity index (χ0) is 18.3. The molecule has 0 bridgehead atoms. The van der Waals surface area contributed by atoms with E-state index in [1.165, 1.54) is 9.78 Å². The highest BCUT2D eigenvalue weighted by molar-refractivity contribution is 7.10. The summed E-state index contributed by atoms with van der Waals surface area (Å²) in [4.78, 5) is 44.5. The molecule has 140 valence electrons. The Morgan fingerprint density at radius 3 is 2.69 bits per heavy atom. The van der Waals surface area contributed by atoms with Crippen LogP contribution in [0.3, 0.4) is 0 Å². The second-order valence-corrected chi connectivity index (χ2v) is 8.56. The van der Waals surface area contributed by atoms with Crippen molar-refractivity contribution in [2.45, 2.75) is 56.5 Å². The molecule has 3 heterocycles. The largest absolute Gasteiger partial charge is 0.333 e. The van der Waals surface area contributed by atoms with Crippen molar-refractivity contribution in [2.24, 2.45) is 0 Å². The van der Waals surface area contributed by atoms with E-state index in [9.17, 15) is 14.4 Å². The smallest absolute Gasteiger partial charge is 0.327 e. The molecule has 1 aromatic rings. The standard InChI is InChI=1S/C19H25N3O3S/c1-20-18(25)22(17(24)19(20)9-3-2-4-10-19)13-16(23)21-11-5-7-14(21)15-8-6-12-26-15/h6,8,12,14H,2-5,7,9-11,13H2,1H3. The molecule has 4 rings (SSSR count). The summed E-state index contributed by atoms with van der Waals surface area (Å²) >= 11 is 1.65. The van der Waals surface area contributed by atoms with Gasteiger partial charge < -0.3 is 9.80 Å². The minimum absolute atomic E-state index is 0.0803. The molecule has 2 saturated heterocycles. The Morgan fingerprint density at radius 2 is 2.00 bits per heavy atom. The van der Waals surface area contributed by atoms with Crippen molar-refractivity contribution in [3.63, 3.8) is 0 Å². The van der Waals surface area contributed by atoms with Gasteiger partial charge in [0.1, 0.15) is 12.1 Å². The Bertz CT molecular complexity index is 712. The minimum atomic E-state index is -0.715. The molecule has 3 aliphatic rings. The van der Waals surface area contributed by atoms with Crippen LogP contribution in [0.15, 0.2) is 17.5 Å². The first-order valence-corrected chi connectivity index (χ1v) is 10.4. The molecular weight excluding hydrogens is 350 g/mol. The van der Waals surface area contributed by atoms with Gasteiger partial charge in [-0.2, -0.15) is 0 Å². The van der Waals surface area contributed by atoms with Gasteiger partial charge in [0, 0.05) is 18.5 Å². The van der Waals surface area contributed by atoms with Crippen molar-refractivity contribution in [3.8, 4) is 0 Å². The van der Waals surface area contributed by atoms with E-state index in [1.54, 1.807) is 23.3 Å². The third kappa shape index (κ3) is 2.64. The molecule has 1 aliphatic carbocycles. The SMILES string of the molecule is CN1C(=O)N(CC(=O)N2CCCC2c2cccs2)C(=O)C12CCCCC2. The number of thiophene rings is 1. The molecule has 1 aromatic heterocycles. The number of carbonyl (C=O) groups is 3. The van der Waals surface area contributed by atoms with Gasteiger partial charge in [-0.3, -0.25) is 14.5 Å². The highest BCUT2D eigenvalue weighted by Crippen LogP contribution is 2.40. The van der Waals surface area contributed by atoms with Crippen LogP contribution in [0.5, 0.6) is 0 Å². The first kappa shape index (κ1) is 17.5. The Labute approximate surface area is 157 Å². The lowest BCUT2D eigenvalue weighted by Crippen LogP contribution is -2.49. The molecule has 1 atom stereocenters. The van der Waals surface area contributed by atoms with E-state index in [2.05, 4.69) is 6.07 Å². The average molecular weight is 375 g/mol. The van der Waals surface area contributed by atoms with E-state index in [1.807, 2.05) is 16.3 Å². The molecule has 26 heavy (non-hydrogen) atoms. The van der Waals surface area contributed by atoms with Gasteiger partial charge in [0.2, 0.25) is 5.91 Å². The van der Waals surface area contributed by atoms with Crippen LogP contribution in [0.1, 0.15) is 55.9 Å². The van der Waals surface area contributed by atoms with E-state index in [-0.39, 0.29) is 30.4 Å². The van der Waals surface area contributed by atoms with E-state index in [0.29, 0.717) is 19.4 Å². The number of likely N-dealkylation sites (N-methyl/N-ethyl adjacent to an activating group) is 1. The van der Waals surface area contributed by atoms with E-state index >= 15 is 0 Å². The summed E-state index contributed by atoms with van der Waals surface area (Å²) < 4.78 is 0. The van der Waals surface area contributed by atoms with Crippen molar-refractivity contribution in [2.75, 3.05) is 20.1 Å². The molecule has 3 fully saturated rings. The number of amides is 4. The first-order valence-electron chi connectivity index (χ1n) is 9.47. The summed E-state index contributed by atoms with van der Waals surface area (Å²) in [5.74, 6) is -0.297. The molecule has 0 radical (unpaired) electrons. The molecular formula is C19H25N3O3S. The lowest BCUT2D eigenvalue weighted by molar-refractivity contribution is -0.140. The van der Waals surface area contributed by atoms with Gasteiger partial charge in [-0.15, -0.1) is 11.3 Å². The van der Waals surface area contributed by atoms with Gasteiger partial charge in [-0.05, 0) is 37.1 Å². The Morgan fingerprint density at radius 1 is 1.23 bits per heavy atom. The summed E-state index contributed by atoms with van der Waals surface area (Å²) in [6.45, 7) is 0.560. The minimum Gasteiger partial charge on any atom is -0.333 e. The van der Waals surface area contributed by atoms with Gasteiger partial charge in [0.25, 0.3) is 5.91 Å². The van der Waals surface area contributed by atoms with Crippen LogP contribution in [-0.4, -0.2) is 58.2 Å². The first-order chi connectivity index (χ1) is 12.5. The van der Waals surface area contributed by atoms with Crippen molar-refractivity contribution < 1.29 is 14.4 Å². The third-order valence-corrected chi connectivity index (χ3v) is 7.20. The highest BCUT2D eigenvalue weighted by atomic mass is 32.1. The van der Waals surface area contributed by atoms with Gasteiger partial charge in [0.05, 0.1) is 6.04 Å². The molecule has 7 heteroatoms. The fourth-order valence-electron chi connectivity index (χ4n) is 4.74. The van der Waals surface area contributed by atoms with E-state index < -0.39 is 5.54 Å². The van der Waals surface area contributed by atoms with Crippen LogP contribution in [0.4, 0.5) is 4.79 Å². The molecule has 0 aromatic carbocycles. The molecule has 1 spiro atoms. The fourth-order valence-corrected chi connectivity index (χ4v) is 5.61. The highest BCUT2D eigenvalue weighted by Gasteiger charge is 2.56. The van der Waals surface area contributed by atoms with Crippen LogP contribution < -0.4 is 0 Å². The zero-order valence-corrected chi connectivity index (χ0v) is 16.0. The number of likely N-dealkylation sites (tertiary alicyclic amines) is 1. The fraction of sp³-hybridized carbons (Fsp3) is 0.632. The number of carbonyl (C=O) groups excluding carboxylic acids is 3. The number of urea groups is 1. The lowest BCUT2D eigenvalue weighted by atomic mass is 9.81. The molecule has 2 aliphatic heterocycles. The van der Waals surface area contributed by atoms with Gasteiger partial charge >= 0.3 is 6.03 Å². The van der Waals surface area contributed by atoms with Gasteiger partial charge in [-0.1, -0.05) is 25.3 Å². The van der Waals surface area contributed by atoms with Crippen LogP contribution in [-0.2, 0) is 9.59 Å². The second-order valence-electron chi connectivity index (χ2n) is 7.59. The average Bonchev–Trinajstić information content (AvgIpc) is 3.38. The lowest BCUT2D eigenvalue weighted by Gasteiger charge is -2.35. The number of nitrogens with zero attached hydrogens (tertiary/aromatic N) is 3. The predicted octanol–water partition coefficient (Wildman–Crippen LogP) is 3.01. The summed E-state index contributed by atoms with van der Waals surface area (Å²) in [7, 11) is 1.71. The number of hydrogen-bond donors (Lipinski definition) is 0. The molecule has 0 N–H and O–H groups in total. The predicted molar refractivity (Wildman–Crippen MR) is 98.7 cm³/mol. The number of rotatable bonds is 3. The van der Waals surface area contributed by atoms with Crippen LogP contribution in [0.2, 0.25) is 0 Å². The van der Waals surface area contributed by atoms with Crippen molar-refractivity contribution in [3.05, 3.63) is 22.4 Å². The zero-order valence-electron chi connectivity index (χ0n) is 15.1. The second kappa shape index (κ2) is 6.68. The molecule has 1 saturated carbocycles. The topological polar surface area (TPSA) is 60.9 Å². The summed E-state index contributed by atoms with van der Waals surface area (Å²) in [6.07, 6.45) is 6.33. The van der Waals surface area contributed by atoms with E-state index in [0.717, 1.165) is 32.1 Å². The van der Waals surface area contributed by atoms with Gasteiger partial charge in [-0.25, -0.2) is 4.79 Å². The summed E-state index contributed by atoms with van der Waals surface area (Å²) in [6, 6.07) is 3.81. The third-order valence-electron chi connectivity index (χ3n) is 6.22. The van der Waals surface area contributed by atoms with Crippen LogP contribution in [0, 0.1) is 0 Å². The normalized spacial score (nSPS) is 25.6. The molecule has 1 unspecified atom stereocenters. The maximum absolute atomic E-state index is 13.1. The maximum atomic E-state index is 13.1. The van der Waals surface area contributed by atoms with Gasteiger partial charge in [0.15, 0.2) is 0 Å². The van der Waals surface area contributed by atoms with Crippen LogP contribution in [0.25, 0.3) is 0 Å². The molecule has 6 nitrogen and oxygen atoms in total.